The fourth-order valence-electron chi connectivity index (χ4n) is 2.27. The van der Waals surface area contributed by atoms with E-state index in [1.165, 1.54) is 19.2 Å². The van der Waals surface area contributed by atoms with Gasteiger partial charge in [0.15, 0.2) is 0 Å². The first kappa shape index (κ1) is 15.7. The Morgan fingerprint density at radius 3 is 2.57 bits per heavy atom. The Hall–Kier alpha value is -1.64. The summed E-state index contributed by atoms with van der Waals surface area (Å²) in [5, 5.41) is 12.3. The van der Waals surface area contributed by atoms with E-state index in [-0.39, 0.29) is 17.9 Å². The monoisotopic (exact) mass is 314 g/mol. The summed E-state index contributed by atoms with van der Waals surface area (Å²) in [5.74, 6) is -0.586. The van der Waals surface area contributed by atoms with Crippen molar-refractivity contribution < 1.29 is 23.1 Å². The van der Waals surface area contributed by atoms with Gasteiger partial charge in [-0.15, -0.1) is 0 Å². The van der Waals surface area contributed by atoms with E-state index in [0.717, 1.165) is 4.31 Å². The number of methoxy groups -OCH3 is 1. The van der Waals surface area contributed by atoms with E-state index in [0.29, 0.717) is 18.8 Å². The molecule has 2 rings (SSSR count). The predicted molar refractivity (Wildman–Crippen MR) is 75.8 cm³/mol. The van der Waals surface area contributed by atoms with E-state index >= 15 is 0 Å². The molecular weight excluding hydrogens is 296 g/mol. The Morgan fingerprint density at radius 2 is 2.00 bits per heavy atom. The molecule has 0 bridgehead atoms. The van der Waals surface area contributed by atoms with Gasteiger partial charge in [-0.1, -0.05) is 0 Å². The number of carboxylic acid groups (broad SMARTS) is 1. The third-order valence-electron chi connectivity index (χ3n) is 3.40. The minimum atomic E-state index is -3.85. The van der Waals surface area contributed by atoms with Gasteiger partial charge in [0, 0.05) is 13.1 Å². The van der Waals surface area contributed by atoms with Crippen LogP contribution in [0.2, 0.25) is 0 Å². The quantitative estimate of drug-likeness (QED) is 0.820. The molecule has 1 aromatic rings. The summed E-state index contributed by atoms with van der Waals surface area (Å²) in [5.41, 5.74) is 0. The van der Waals surface area contributed by atoms with Crippen molar-refractivity contribution in [3.63, 3.8) is 0 Å². The standard InChI is InChI=1S/C13H18N2O5S/c1-20-10-2-4-11(5-3-10)21(18,19)15-9-8-14-7-6-12(15)13(16)17/h2-5,12,14H,6-9H2,1H3,(H,16,17). The van der Waals surface area contributed by atoms with Crippen LogP contribution in [0.3, 0.4) is 0 Å². The summed E-state index contributed by atoms with van der Waals surface area (Å²) < 4.78 is 31.3. The number of carbonyl (C=O) groups is 1. The third-order valence-corrected chi connectivity index (χ3v) is 5.32. The van der Waals surface area contributed by atoms with Gasteiger partial charge < -0.3 is 15.2 Å². The third kappa shape index (κ3) is 3.34. The molecule has 116 valence electrons. The second-order valence-corrected chi connectivity index (χ2v) is 6.57. The molecule has 0 spiro atoms. The average Bonchev–Trinajstić information content (AvgIpc) is 2.73. The van der Waals surface area contributed by atoms with Crippen molar-refractivity contribution in [2.75, 3.05) is 26.7 Å². The number of nitrogens with zero attached hydrogens (tertiary/aromatic N) is 1. The van der Waals surface area contributed by atoms with Crippen molar-refractivity contribution in [3.8, 4) is 5.75 Å². The van der Waals surface area contributed by atoms with Gasteiger partial charge in [0.2, 0.25) is 10.0 Å². The number of rotatable bonds is 4. The number of benzene rings is 1. The van der Waals surface area contributed by atoms with Crippen molar-refractivity contribution in [1.29, 1.82) is 0 Å². The highest BCUT2D eigenvalue weighted by Gasteiger charge is 2.36. The Bertz CT molecular complexity index is 599. The Balaban J connectivity index is 2.36. The molecule has 2 N–H and O–H groups in total. The molecule has 7 nitrogen and oxygen atoms in total. The summed E-state index contributed by atoms with van der Waals surface area (Å²) in [6, 6.07) is 4.88. The van der Waals surface area contributed by atoms with Crippen LogP contribution in [0.15, 0.2) is 29.2 Å². The predicted octanol–water partition coefficient (Wildman–Crippen LogP) is 0.132. The van der Waals surface area contributed by atoms with E-state index in [1.807, 2.05) is 0 Å². The minimum Gasteiger partial charge on any atom is -0.497 e. The van der Waals surface area contributed by atoms with Gasteiger partial charge in [0.1, 0.15) is 11.8 Å². The van der Waals surface area contributed by atoms with E-state index in [1.54, 1.807) is 12.1 Å². The SMILES string of the molecule is COc1ccc(S(=O)(=O)N2CCNCCC2C(=O)O)cc1. The van der Waals surface area contributed by atoms with Gasteiger partial charge >= 0.3 is 5.97 Å². The molecule has 1 aromatic carbocycles. The van der Waals surface area contributed by atoms with Crippen LogP contribution in [-0.2, 0) is 14.8 Å². The van der Waals surface area contributed by atoms with Crippen molar-refractivity contribution in [1.82, 2.24) is 9.62 Å². The summed E-state index contributed by atoms with van der Waals surface area (Å²) in [6.07, 6.45) is 0.241. The number of carboxylic acids is 1. The number of hydrogen-bond donors (Lipinski definition) is 2. The smallest absolute Gasteiger partial charge is 0.322 e. The topological polar surface area (TPSA) is 95.9 Å². The maximum atomic E-state index is 12.6. The normalized spacial score (nSPS) is 20.7. The maximum Gasteiger partial charge on any atom is 0.322 e. The molecular formula is C13H18N2O5S. The lowest BCUT2D eigenvalue weighted by Crippen LogP contribution is -2.45. The lowest BCUT2D eigenvalue weighted by atomic mass is 10.2. The molecule has 0 amide bonds. The number of sulfonamides is 1. The van der Waals surface area contributed by atoms with Gasteiger partial charge in [-0.3, -0.25) is 4.79 Å². The molecule has 1 heterocycles. The van der Waals surface area contributed by atoms with Crippen LogP contribution >= 0.6 is 0 Å². The minimum absolute atomic E-state index is 0.0662. The molecule has 0 aliphatic carbocycles. The van der Waals surface area contributed by atoms with Gasteiger partial charge in [-0.05, 0) is 37.2 Å². The number of hydrogen-bond acceptors (Lipinski definition) is 5. The van der Waals surface area contributed by atoms with Gasteiger partial charge in [0.25, 0.3) is 0 Å². The first-order valence-corrected chi connectivity index (χ1v) is 8.00. The maximum absolute atomic E-state index is 12.6. The zero-order valence-electron chi connectivity index (χ0n) is 11.7. The van der Waals surface area contributed by atoms with Crippen LogP contribution in [-0.4, -0.2) is 56.6 Å². The number of ether oxygens (including phenoxy) is 1. The van der Waals surface area contributed by atoms with Crippen molar-refractivity contribution in [2.24, 2.45) is 0 Å². The zero-order valence-corrected chi connectivity index (χ0v) is 12.5. The van der Waals surface area contributed by atoms with Gasteiger partial charge in [0.05, 0.1) is 12.0 Å². The van der Waals surface area contributed by atoms with E-state index in [4.69, 9.17) is 4.74 Å². The molecule has 1 unspecified atom stereocenters. The van der Waals surface area contributed by atoms with Crippen LogP contribution in [0, 0.1) is 0 Å². The molecule has 1 fully saturated rings. The fraction of sp³-hybridized carbons (Fsp3) is 0.462. The van der Waals surface area contributed by atoms with Crippen LogP contribution in [0.1, 0.15) is 6.42 Å². The molecule has 0 radical (unpaired) electrons. The van der Waals surface area contributed by atoms with Crippen LogP contribution in [0.5, 0.6) is 5.75 Å². The van der Waals surface area contributed by atoms with Crippen molar-refractivity contribution in [3.05, 3.63) is 24.3 Å². The summed E-state index contributed by atoms with van der Waals surface area (Å²) in [4.78, 5) is 11.4. The molecule has 21 heavy (non-hydrogen) atoms. The summed E-state index contributed by atoms with van der Waals surface area (Å²) >= 11 is 0. The van der Waals surface area contributed by atoms with E-state index in [9.17, 15) is 18.3 Å². The molecule has 1 saturated heterocycles. The Kier molecular flexibility index (Phi) is 4.81. The fourth-order valence-corrected chi connectivity index (χ4v) is 3.88. The first-order valence-electron chi connectivity index (χ1n) is 6.56. The van der Waals surface area contributed by atoms with Crippen LogP contribution in [0.4, 0.5) is 0 Å². The highest BCUT2D eigenvalue weighted by atomic mass is 32.2. The van der Waals surface area contributed by atoms with Gasteiger partial charge in [-0.25, -0.2) is 8.42 Å². The van der Waals surface area contributed by atoms with E-state index < -0.39 is 22.0 Å². The Morgan fingerprint density at radius 1 is 1.33 bits per heavy atom. The summed E-state index contributed by atoms with van der Waals surface area (Å²) in [6.45, 7) is 1.04. The van der Waals surface area contributed by atoms with E-state index in [2.05, 4.69) is 5.32 Å². The second kappa shape index (κ2) is 6.42. The molecule has 0 aromatic heterocycles. The molecule has 0 saturated carbocycles. The molecule has 8 heteroatoms. The average molecular weight is 314 g/mol. The second-order valence-electron chi connectivity index (χ2n) is 4.68. The molecule has 1 atom stereocenters. The summed E-state index contributed by atoms with van der Waals surface area (Å²) in [7, 11) is -2.36. The molecule has 1 aliphatic heterocycles. The number of nitrogens with one attached hydrogen (secondary N) is 1. The Labute approximate surface area is 123 Å². The largest absolute Gasteiger partial charge is 0.497 e. The molecule has 1 aliphatic rings. The number of aliphatic carboxylic acids is 1. The van der Waals surface area contributed by atoms with Crippen LogP contribution < -0.4 is 10.1 Å². The van der Waals surface area contributed by atoms with Gasteiger partial charge in [-0.2, -0.15) is 4.31 Å². The van der Waals surface area contributed by atoms with Crippen LogP contribution in [0.25, 0.3) is 0 Å². The highest BCUT2D eigenvalue weighted by Crippen LogP contribution is 2.22. The first-order chi connectivity index (χ1) is 9.96. The lowest BCUT2D eigenvalue weighted by Gasteiger charge is -2.25. The zero-order chi connectivity index (χ0) is 15.5. The van der Waals surface area contributed by atoms with Crippen molar-refractivity contribution in [2.45, 2.75) is 17.4 Å². The van der Waals surface area contributed by atoms with Crippen molar-refractivity contribution >= 4 is 16.0 Å². The highest BCUT2D eigenvalue weighted by molar-refractivity contribution is 7.89. The lowest BCUT2D eigenvalue weighted by molar-refractivity contribution is -0.141.